The Balaban J connectivity index is 1.91. The van der Waals surface area contributed by atoms with Crippen LogP contribution in [0.1, 0.15) is 15.9 Å². The summed E-state index contributed by atoms with van der Waals surface area (Å²) in [4.78, 5) is 23.5. The number of nitrogens with one attached hydrogen (secondary N) is 2. The lowest BCUT2D eigenvalue weighted by Crippen LogP contribution is -2.35. The summed E-state index contributed by atoms with van der Waals surface area (Å²) >= 11 is 11.5. The molecule has 2 rings (SSSR count). The highest BCUT2D eigenvalue weighted by Gasteiger charge is 2.16. The molecule has 0 spiro atoms. The second-order valence-electron chi connectivity index (χ2n) is 4.71. The van der Waals surface area contributed by atoms with Crippen molar-refractivity contribution in [1.29, 1.82) is 0 Å². The van der Waals surface area contributed by atoms with E-state index in [1.54, 1.807) is 0 Å². The van der Waals surface area contributed by atoms with Crippen molar-refractivity contribution in [3.05, 3.63) is 69.2 Å². The molecule has 0 bridgehead atoms. The zero-order valence-corrected chi connectivity index (χ0v) is 14.0. The van der Waals surface area contributed by atoms with Crippen LogP contribution in [-0.2, 0) is 4.79 Å². The van der Waals surface area contributed by atoms with Crippen molar-refractivity contribution in [3.8, 4) is 0 Å². The number of halogens is 4. The van der Waals surface area contributed by atoms with Gasteiger partial charge in [-0.15, -0.1) is 0 Å². The SMILES string of the molecule is O=C(CNC(=O)c1c(F)cccc1Cl)N/N=C/c1c(F)cccc1Cl. The number of rotatable bonds is 5. The van der Waals surface area contributed by atoms with E-state index in [1.807, 2.05) is 0 Å². The van der Waals surface area contributed by atoms with E-state index < -0.39 is 30.0 Å². The lowest BCUT2D eigenvalue weighted by atomic mass is 10.2. The second kappa shape index (κ2) is 8.55. The van der Waals surface area contributed by atoms with Crippen molar-refractivity contribution in [1.82, 2.24) is 10.7 Å². The Morgan fingerprint density at radius 2 is 1.68 bits per heavy atom. The zero-order chi connectivity index (χ0) is 18.4. The normalized spacial score (nSPS) is 10.7. The van der Waals surface area contributed by atoms with Gasteiger partial charge in [-0.2, -0.15) is 5.10 Å². The molecule has 0 aliphatic heterocycles. The third-order valence-electron chi connectivity index (χ3n) is 2.98. The Labute approximate surface area is 151 Å². The van der Waals surface area contributed by atoms with Crippen LogP contribution >= 0.6 is 23.2 Å². The predicted octanol–water partition coefficient (Wildman–Crippen LogP) is 3.15. The van der Waals surface area contributed by atoms with Crippen LogP contribution < -0.4 is 10.7 Å². The number of hydrogen-bond donors (Lipinski definition) is 2. The predicted molar refractivity (Wildman–Crippen MR) is 90.9 cm³/mol. The van der Waals surface area contributed by atoms with Crippen LogP contribution in [0.5, 0.6) is 0 Å². The van der Waals surface area contributed by atoms with Gasteiger partial charge in [0.25, 0.3) is 11.8 Å². The molecule has 0 saturated heterocycles. The van der Waals surface area contributed by atoms with Gasteiger partial charge in [-0.05, 0) is 24.3 Å². The highest BCUT2D eigenvalue weighted by atomic mass is 35.5. The minimum absolute atomic E-state index is 0.00615. The van der Waals surface area contributed by atoms with Crippen LogP contribution in [0.4, 0.5) is 8.78 Å². The summed E-state index contributed by atoms with van der Waals surface area (Å²) in [5, 5.41) is 5.80. The molecule has 0 atom stereocenters. The van der Waals surface area contributed by atoms with Crippen molar-refractivity contribution in [2.75, 3.05) is 6.54 Å². The maximum atomic E-state index is 13.6. The quantitative estimate of drug-likeness (QED) is 0.612. The van der Waals surface area contributed by atoms with Crippen molar-refractivity contribution in [2.45, 2.75) is 0 Å². The molecular formula is C16H11Cl2F2N3O2. The van der Waals surface area contributed by atoms with Gasteiger partial charge in [0.05, 0.1) is 28.4 Å². The first-order chi connectivity index (χ1) is 11.9. The third-order valence-corrected chi connectivity index (χ3v) is 3.63. The smallest absolute Gasteiger partial charge is 0.259 e. The van der Waals surface area contributed by atoms with E-state index in [0.29, 0.717) is 0 Å². The van der Waals surface area contributed by atoms with Gasteiger partial charge in [0.15, 0.2) is 0 Å². The lowest BCUT2D eigenvalue weighted by Gasteiger charge is -2.07. The summed E-state index contributed by atoms with van der Waals surface area (Å²) in [7, 11) is 0. The number of hydrazone groups is 1. The summed E-state index contributed by atoms with van der Waals surface area (Å²) in [5.41, 5.74) is 1.73. The van der Waals surface area contributed by atoms with Crippen molar-refractivity contribution in [3.63, 3.8) is 0 Å². The topological polar surface area (TPSA) is 70.6 Å². The summed E-state index contributed by atoms with van der Waals surface area (Å²) in [6.45, 7) is -0.480. The van der Waals surface area contributed by atoms with Gasteiger partial charge in [-0.1, -0.05) is 35.3 Å². The van der Waals surface area contributed by atoms with Gasteiger partial charge in [-0.3, -0.25) is 9.59 Å². The molecule has 2 N–H and O–H groups in total. The molecule has 0 aliphatic carbocycles. The summed E-state index contributed by atoms with van der Waals surface area (Å²) in [6.07, 6.45) is 1.03. The Bertz CT molecular complexity index is 804. The molecular weight excluding hydrogens is 375 g/mol. The van der Waals surface area contributed by atoms with E-state index in [0.717, 1.165) is 12.3 Å². The van der Waals surface area contributed by atoms with E-state index in [2.05, 4.69) is 15.8 Å². The molecule has 0 aliphatic rings. The number of carbonyl (C=O) groups is 2. The van der Waals surface area contributed by atoms with Gasteiger partial charge >= 0.3 is 0 Å². The van der Waals surface area contributed by atoms with Crippen molar-refractivity contribution < 1.29 is 18.4 Å². The van der Waals surface area contributed by atoms with Gasteiger partial charge in [0.2, 0.25) is 0 Å². The Kier molecular flexibility index (Phi) is 6.44. The molecule has 9 heteroatoms. The summed E-state index contributed by atoms with van der Waals surface area (Å²) in [6, 6.07) is 7.85. The average Bonchev–Trinajstić information content (AvgIpc) is 2.55. The summed E-state index contributed by atoms with van der Waals surface area (Å²) < 4.78 is 27.1. The highest BCUT2D eigenvalue weighted by molar-refractivity contribution is 6.34. The molecule has 2 amide bonds. The molecule has 25 heavy (non-hydrogen) atoms. The molecule has 2 aromatic rings. The van der Waals surface area contributed by atoms with E-state index in [1.165, 1.54) is 30.3 Å². The lowest BCUT2D eigenvalue weighted by molar-refractivity contribution is -0.120. The van der Waals surface area contributed by atoms with Crippen molar-refractivity contribution in [2.24, 2.45) is 5.10 Å². The van der Waals surface area contributed by atoms with Crippen LogP contribution in [0, 0.1) is 11.6 Å². The first kappa shape index (κ1) is 18.8. The monoisotopic (exact) mass is 385 g/mol. The van der Waals surface area contributed by atoms with Gasteiger partial charge < -0.3 is 5.32 Å². The molecule has 2 aromatic carbocycles. The molecule has 5 nitrogen and oxygen atoms in total. The number of nitrogens with zero attached hydrogens (tertiary/aromatic N) is 1. The Morgan fingerprint density at radius 1 is 1.04 bits per heavy atom. The van der Waals surface area contributed by atoms with Gasteiger partial charge in [0, 0.05) is 5.56 Å². The first-order valence-corrected chi connectivity index (χ1v) is 7.64. The number of benzene rings is 2. The second-order valence-corrected chi connectivity index (χ2v) is 5.52. The van der Waals surface area contributed by atoms with Crippen LogP contribution in [0.3, 0.4) is 0 Å². The fourth-order valence-electron chi connectivity index (χ4n) is 1.81. The molecule has 0 saturated carbocycles. The van der Waals surface area contributed by atoms with E-state index in [-0.39, 0.29) is 21.2 Å². The maximum Gasteiger partial charge on any atom is 0.259 e. The third kappa shape index (κ3) is 4.98. The van der Waals surface area contributed by atoms with Gasteiger partial charge in [-0.25, -0.2) is 14.2 Å². The fourth-order valence-corrected chi connectivity index (χ4v) is 2.27. The fraction of sp³-hybridized carbons (Fsp3) is 0.0625. The minimum Gasteiger partial charge on any atom is -0.343 e. The molecule has 0 heterocycles. The number of hydrogen-bond acceptors (Lipinski definition) is 3. The molecule has 0 aromatic heterocycles. The van der Waals surface area contributed by atoms with E-state index in [9.17, 15) is 18.4 Å². The van der Waals surface area contributed by atoms with Crippen molar-refractivity contribution >= 4 is 41.2 Å². The Hall–Kier alpha value is -2.51. The highest BCUT2D eigenvalue weighted by Crippen LogP contribution is 2.18. The number of amides is 2. The Morgan fingerprint density at radius 3 is 2.32 bits per heavy atom. The first-order valence-electron chi connectivity index (χ1n) is 6.88. The molecule has 0 radical (unpaired) electrons. The molecule has 0 fully saturated rings. The van der Waals surface area contributed by atoms with Gasteiger partial charge in [0.1, 0.15) is 11.6 Å². The average molecular weight is 386 g/mol. The minimum atomic E-state index is -0.848. The maximum absolute atomic E-state index is 13.6. The van der Waals surface area contributed by atoms with Crippen LogP contribution in [0.2, 0.25) is 10.0 Å². The standard InChI is InChI=1S/C16H11Cl2F2N3O2/c17-10-3-1-5-12(19)9(10)7-22-23-14(24)8-21-16(25)15-11(18)4-2-6-13(15)20/h1-7H,8H2,(H,21,25)(H,23,24)/b22-7+. The molecule has 130 valence electrons. The van der Waals surface area contributed by atoms with Crippen LogP contribution in [0.25, 0.3) is 0 Å². The van der Waals surface area contributed by atoms with E-state index >= 15 is 0 Å². The van der Waals surface area contributed by atoms with Crippen LogP contribution in [-0.4, -0.2) is 24.6 Å². The number of carbonyl (C=O) groups excluding carboxylic acids is 2. The zero-order valence-electron chi connectivity index (χ0n) is 12.5. The van der Waals surface area contributed by atoms with Crippen LogP contribution in [0.15, 0.2) is 41.5 Å². The largest absolute Gasteiger partial charge is 0.343 e. The summed E-state index contributed by atoms with van der Waals surface area (Å²) in [5.74, 6) is -2.96. The van der Waals surface area contributed by atoms with E-state index in [4.69, 9.17) is 23.2 Å². The molecule has 0 unspecified atom stereocenters.